The second-order valence-corrected chi connectivity index (χ2v) is 10.4. The third-order valence-electron chi connectivity index (χ3n) is 6.71. The van der Waals surface area contributed by atoms with Crippen LogP contribution in [0, 0.1) is 0 Å². The molecule has 8 nitrogen and oxygen atoms in total. The van der Waals surface area contributed by atoms with Crippen molar-refractivity contribution < 1.29 is 14.2 Å². The lowest BCUT2D eigenvalue weighted by atomic mass is 9.80. The van der Waals surface area contributed by atoms with Crippen LogP contribution in [0.1, 0.15) is 22.9 Å². The summed E-state index contributed by atoms with van der Waals surface area (Å²) in [5, 5.41) is 0. The van der Waals surface area contributed by atoms with Crippen molar-refractivity contribution >= 4 is 11.8 Å². The second kappa shape index (κ2) is 12.5. The maximum atomic E-state index is 12.6. The Morgan fingerprint density at radius 3 is 2.12 bits per heavy atom. The van der Waals surface area contributed by atoms with Gasteiger partial charge in [0.25, 0.3) is 5.56 Å². The first-order valence-electron chi connectivity index (χ1n) is 13.0. The standard InChI is InChI=1S/C31H31N3O5S/c1-37-25-14-12-24(13-15-25)31(22-8-4-2-5-9-22,23-10-6-3-7-11-23)38-21-26-20-27(40-19-17-32)29(39-26)34-18-16-28(35)33-30(34)36/h2-16,18,20,26,29H,17,19,21,32H2,1H3,(H,33,35,36)/t26-,29+/m0/s1. The number of aromatic nitrogens is 2. The third-order valence-corrected chi connectivity index (χ3v) is 7.82. The minimum absolute atomic E-state index is 0.192. The highest BCUT2D eigenvalue weighted by atomic mass is 32.2. The van der Waals surface area contributed by atoms with Crippen LogP contribution in [0.15, 0.2) is 118 Å². The van der Waals surface area contributed by atoms with Gasteiger partial charge in [-0.3, -0.25) is 14.3 Å². The highest BCUT2D eigenvalue weighted by molar-refractivity contribution is 8.03. The number of nitrogens with zero attached hydrogens (tertiary/aromatic N) is 1. The van der Waals surface area contributed by atoms with Gasteiger partial charge >= 0.3 is 5.69 Å². The summed E-state index contributed by atoms with van der Waals surface area (Å²) < 4.78 is 20.1. The summed E-state index contributed by atoms with van der Waals surface area (Å²) in [4.78, 5) is 27.4. The Bertz CT molecular complexity index is 1510. The summed E-state index contributed by atoms with van der Waals surface area (Å²) >= 11 is 1.52. The average Bonchev–Trinajstić information content (AvgIpc) is 3.40. The van der Waals surface area contributed by atoms with Gasteiger partial charge in [-0.1, -0.05) is 72.8 Å². The zero-order valence-corrected chi connectivity index (χ0v) is 22.9. The topological polar surface area (TPSA) is 109 Å². The molecule has 0 radical (unpaired) electrons. The number of nitrogens with two attached hydrogens (primary N) is 1. The molecule has 3 aromatic carbocycles. The van der Waals surface area contributed by atoms with E-state index in [1.54, 1.807) is 7.11 Å². The maximum absolute atomic E-state index is 12.6. The van der Waals surface area contributed by atoms with Gasteiger partial charge in [-0.2, -0.15) is 0 Å². The van der Waals surface area contributed by atoms with Crippen LogP contribution in [-0.2, 0) is 15.1 Å². The molecular weight excluding hydrogens is 526 g/mol. The van der Waals surface area contributed by atoms with Gasteiger partial charge in [-0.15, -0.1) is 11.8 Å². The molecule has 2 heterocycles. The number of methoxy groups -OCH3 is 1. The van der Waals surface area contributed by atoms with Crippen molar-refractivity contribution in [2.75, 3.05) is 26.0 Å². The Labute approximate surface area is 236 Å². The Kier molecular flexibility index (Phi) is 8.66. The summed E-state index contributed by atoms with van der Waals surface area (Å²) in [6.45, 7) is 0.663. The normalized spacial score (nSPS) is 17.0. The van der Waals surface area contributed by atoms with Crippen molar-refractivity contribution in [1.82, 2.24) is 9.55 Å². The van der Waals surface area contributed by atoms with Gasteiger partial charge in [-0.05, 0) is 34.9 Å². The van der Waals surface area contributed by atoms with E-state index in [-0.39, 0.29) is 6.61 Å². The van der Waals surface area contributed by atoms with Crippen molar-refractivity contribution in [2.45, 2.75) is 17.9 Å². The smallest absolute Gasteiger partial charge is 0.330 e. The third kappa shape index (κ3) is 5.68. The van der Waals surface area contributed by atoms with E-state index >= 15 is 0 Å². The molecule has 0 amide bonds. The van der Waals surface area contributed by atoms with Crippen molar-refractivity contribution in [2.24, 2.45) is 5.73 Å². The Morgan fingerprint density at radius 2 is 1.55 bits per heavy atom. The van der Waals surface area contributed by atoms with Crippen molar-refractivity contribution in [3.05, 3.63) is 146 Å². The highest BCUT2D eigenvalue weighted by Crippen LogP contribution is 2.42. The molecule has 0 aliphatic carbocycles. The minimum atomic E-state index is -0.955. The molecule has 4 aromatic rings. The SMILES string of the molecule is COc1ccc(C(OC[C@@H]2C=C(SCCN)[C@H](n3ccc(=O)[nH]c3=O)O2)(c2ccccc2)c2ccccc2)cc1. The van der Waals surface area contributed by atoms with Crippen LogP contribution in [0.2, 0.25) is 0 Å². The predicted molar refractivity (Wildman–Crippen MR) is 157 cm³/mol. The molecule has 5 rings (SSSR count). The average molecular weight is 558 g/mol. The lowest BCUT2D eigenvalue weighted by molar-refractivity contribution is -0.0690. The van der Waals surface area contributed by atoms with Crippen LogP contribution >= 0.6 is 11.8 Å². The molecule has 0 saturated carbocycles. The Balaban J connectivity index is 1.54. The lowest BCUT2D eigenvalue weighted by Crippen LogP contribution is -2.36. The number of aromatic amines is 1. The molecule has 9 heteroatoms. The molecule has 40 heavy (non-hydrogen) atoms. The second-order valence-electron chi connectivity index (χ2n) is 9.20. The van der Waals surface area contributed by atoms with Crippen LogP contribution < -0.4 is 21.7 Å². The number of benzene rings is 3. The lowest BCUT2D eigenvalue weighted by Gasteiger charge is -2.36. The number of rotatable bonds is 11. The minimum Gasteiger partial charge on any atom is -0.497 e. The quantitative estimate of drug-likeness (QED) is 0.268. The van der Waals surface area contributed by atoms with Crippen molar-refractivity contribution in [3.8, 4) is 5.75 Å². The van der Waals surface area contributed by atoms with Gasteiger partial charge in [0, 0.05) is 29.5 Å². The summed E-state index contributed by atoms with van der Waals surface area (Å²) in [7, 11) is 1.64. The molecule has 0 saturated heterocycles. The van der Waals surface area contributed by atoms with E-state index in [9.17, 15) is 9.59 Å². The highest BCUT2D eigenvalue weighted by Gasteiger charge is 2.39. The molecule has 2 atom stereocenters. The fourth-order valence-electron chi connectivity index (χ4n) is 4.86. The summed E-state index contributed by atoms with van der Waals surface area (Å²) in [6, 6.07) is 29.3. The van der Waals surface area contributed by atoms with Crippen LogP contribution in [-0.4, -0.2) is 41.7 Å². The first-order chi connectivity index (χ1) is 19.5. The molecular formula is C31H31N3O5S. The van der Waals surface area contributed by atoms with Gasteiger partial charge < -0.3 is 19.9 Å². The van der Waals surface area contributed by atoms with E-state index in [2.05, 4.69) is 4.98 Å². The first kappa shape index (κ1) is 27.7. The Hall–Kier alpha value is -3.89. The van der Waals surface area contributed by atoms with Crippen LogP contribution in [0.3, 0.4) is 0 Å². The van der Waals surface area contributed by atoms with E-state index < -0.39 is 29.2 Å². The number of hydrogen-bond donors (Lipinski definition) is 2. The van der Waals surface area contributed by atoms with Crippen LogP contribution in [0.5, 0.6) is 5.75 Å². The largest absolute Gasteiger partial charge is 0.497 e. The number of H-pyrrole nitrogens is 1. The van der Waals surface area contributed by atoms with Crippen molar-refractivity contribution in [1.29, 1.82) is 0 Å². The summed E-state index contributed by atoms with van der Waals surface area (Å²) in [5.41, 5.74) is 6.65. The van der Waals surface area contributed by atoms with Crippen molar-refractivity contribution in [3.63, 3.8) is 0 Å². The van der Waals surface area contributed by atoms with Gasteiger partial charge in [0.2, 0.25) is 0 Å². The van der Waals surface area contributed by atoms with Gasteiger partial charge in [0.05, 0.1) is 13.7 Å². The molecule has 0 unspecified atom stereocenters. The Morgan fingerprint density at radius 1 is 0.925 bits per heavy atom. The van der Waals surface area contributed by atoms with E-state index in [0.29, 0.717) is 12.3 Å². The van der Waals surface area contributed by atoms with E-state index in [4.69, 9.17) is 19.9 Å². The van der Waals surface area contributed by atoms with Crippen LogP contribution in [0.25, 0.3) is 0 Å². The molecule has 0 fully saturated rings. The van der Waals surface area contributed by atoms with Gasteiger partial charge in [0.15, 0.2) is 6.23 Å². The fraction of sp³-hybridized carbons (Fsp3) is 0.226. The monoisotopic (exact) mass is 557 g/mol. The molecule has 1 aliphatic heterocycles. The number of ether oxygens (including phenoxy) is 3. The number of thioether (sulfide) groups is 1. The van der Waals surface area contributed by atoms with E-state index in [1.165, 1.54) is 28.6 Å². The molecule has 0 spiro atoms. The predicted octanol–water partition coefficient (Wildman–Crippen LogP) is 4.03. The zero-order chi connectivity index (χ0) is 28.0. The van der Waals surface area contributed by atoms with Crippen LogP contribution in [0.4, 0.5) is 0 Å². The molecule has 1 aromatic heterocycles. The summed E-state index contributed by atoms with van der Waals surface area (Å²) in [5.74, 6) is 1.40. The van der Waals surface area contributed by atoms with E-state index in [0.717, 1.165) is 27.3 Å². The molecule has 206 valence electrons. The number of nitrogens with one attached hydrogen (secondary N) is 1. The number of hydrogen-bond acceptors (Lipinski definition) is 7. The molecule has 0 bridgehead atoms. The maximum Gasteiger partial charge on any atom is 0.330 e. The summed E-state index contributed by atoms with van der Waals surface area (Å²) in [6.07, 6.45) is 2.26. The van der Waals surface area contributed by atoms with Gasteiger partial charge in [-0.25, -0.2) is 4.79 Å². The molecule has 1 aliphatic rings. The first-order valence-corrected chi connectivity index (χ1v) is 13.9. The van der Waals surface area contributed by atoms with E-state index in [1.807, 2.05) is 91.0 Å². The fourth-order valence-corrected chi connectivity index (χ4v) is 5.78. The van der Waals surface area contributed by atoms with Gasteiger partial charge in [0.1, 0.15) is 17.5 Å². The zero-order valence-electron chi connectivity index (χ0n) is 22.1. The molecule has 3 N–H and O–H groups in total.